The molecule has 0 radical (unpaired) electrons. The normalized spacial score (nSPS) is 28.9. The lowest BCUT2D eigenvalue weighted by Gasteiger charge is -2.50. The van der Waals surface area contributed by atoms with Gasteiger partial charge in [0.1, 0.15) is 0 Å². The van der Waals surface area contributed by atoms with E-state index in [9.17, 15) is 13.5 Å². The van der Waals surface area contributed by atoms with E-state index in [1.54, 1.807) is 14.1 Å². The van der Waals surface area contributed by atoms with Gasteiger partial charge in [-0.05, 0) is 25.3 Å². The molecule has 1 N–H and O–H groups in total. The van der Waals surface area contributed by atoms with Crippen LogP contribution in [-0.2, 0) is 16.8 Å². The summed E-state index contributed by atoms with van der Waals surface area (Å²) >= 11 is 0. The zero-order valence-electron chi connectivity index (χ0n) is 15.4. The fraction of sp³-hybridized carbons (Fsp3) is 0.667. The van der Waals surface area contributed by atoms with Crippen molar-refractivity contribution >= 4 is 10.2 Å². The molecule has 1 aromatic rings. The zero-order chi connectivity index (χ0) is 18.2. The Morgan fingerprint density at radius 2 is 1.80 bits per heavy atom. The maximum absolute atomic E-state index is 12.4. The smallest absolute Gasteiger partial charge is 0.281 e. The molecule has 140 valence electrons. The van der Waals surface area contributed by atoms with E-state index in [0.29, 0.717) is 25.9 Å². The first kappa shape index (κ1) is 18.8. The first-order valence-corrected chi connectivity index (χ1v) is 10.3. The van der Waals surface area contributed by atoms with E-state index in [0.717, 1.165) is 19.6 Å². The predicted molar refractivity (Wildman–Crippen MR) is 98.3 cm³/mol. The summed E-state index contributed by atoms with van der Waals surface area (Å²) in [5.74, 6) is -0.0461. The topological polar surface area (TPSA) is 64.1 Å². The molecule has 2 aliphatic rings. The van der Waals surface area contributed by atoms with Gasteiger partial charge < -0.3 is 5.11 Å². The lowest BCUT2D eigenvalue weighted by Crippen LogP contribution is -2.61. The molecule has 3 rings (SSSR count). The van der Waals surface area contributed by atoms with Crippen LogP contribution in [0.5, 0.6) is 0 Å². The van der Waals surface area contributed by atoms with Crippen LogP contribution in [0.4, 0.5) is 0 Å². The van der Waals surface area contributed by atoms with Crippen molar-refractivity contribution in [2.24, 2.45) is 5.92 Å². The van der Waals surface area contributed by atoms with Gasteiger partial charge in [-0.15, -0.1) is 0 Å². The fourth-order valence-corrected chi connectivity index (χ4v) is 5.03. The number of hydrogen-bond acceptors (Lipinski definition) is 4. The zero-order valence-corrected chi connectivity index (χ0v) is 16.2. The number of nitrogens with zero attached hydrogens (tertiary/aromatic N) is 3. The van der Waals surface area contributed by atoms with Gasteiger partial charge >= 0.3 is 0 Å². The van der Waals surface area contributed by atoms with Gasteiger partial charge in [0.25, 0.3) is 10.2 Å². The molecule has 2 heterocycles. The summed E-state index contributed by atoms with van der Waals surface area (Å²) in [5, 5.41) is 11.0. The van der Waals surface area contributed by atoms with E-state index < -0.39 is 15.8 Å². The SMILES string of the molecule is Cc1ccc(CN2CCC3(O)CCN(S(=O)(=O)N(C)C)CC3C2)cc1. The van der Waals surface area contributed by atoms with Crippen LogP contribution >= 0.6 is 0 Å². The maximum Gasteiger partial charge on any atom is 0.281 e. The second kappa shape index (κ2) is 6.96. The maximum atomic E-state index is 12.4. The van der Waals surface area contributed by atoms with Crippen LogP contribution in [-0.4, -0.2) is 72.9 Å². The Labute approximate surface area is 151 Å². The van der Waals surface area contributed by atoms with Crippen molar-refractivity contribution in [1.29, 1.82) is 0 Å². The highest BCUT2D eigenvalue weighted by atomic mass is 32.2. The minimum absolute atomic E-state index is 0.0461. The molecule has 6 nitrogen and oxygen atoms in total. The van der Waals surface area contributed by atoms with E-state index in [1.165, 1.54) is 19.7 Å². The molecule has 0 spiro atoms. The number of fused-ring (bicyclic) bond motifs is 1. The highest BCUT2D eigenvalue weighted by Gasteiger charge is 2.47. The van der Waals surface area contributed by atoms with Crippen molar-refractivity contribution in [1.82, 2.24) is 13.5 Å². The molecular weight excluding hydrogens is 338 g/mol. The quantitative estimate of drug-likeness (QED) is 0.864. The van der Waals surface area contributed by atoms with E-state index in [4.69, 9.17) is 0 Å². The highest BCUT2D eigenvalue weighted by Crippen LogP contribution is 2.36. The van der Waals surface area contributed by atoms with Crippen LogP contribution in [0.15, 0.2) is 24.3 Å². The molecule has 2 aliphatic heterocycles. The van der Waals surface area contributed by atoms with Crippen LogP contribution in [0.25, 0.3) is 0 Å². The number of hydrogen-bond donors (Lipinski definition) is 1. The largest absolute Gasteiger partial charge is 0.389 e. The fourth-order valence-electron chi connectivity index (χ4n) is 3.88. The summed E-state index contributed by atoms with van der Waals surface area (Å²) < 4.78 is 27.6. The highest BCUT2D eigenvalue weighted by molar-refractivity contribution is 7.86. The van der Waals surface area contributed by atoms with Gasteiger partial charge in [0, 0.05) is 52.7 Å². The minimum Gasteiger partial charge on any atom is -0.389 e. The predicted octanol–water partition coefficient (Wildman–Crippen LogP) is 1.06. The van der Waals surface area contributed by atoms with E-state index in [1.807, 2.05) is 0 Å². The number of piperidine rings is 2. The third kappa shape index (κ3) is 3.90. The molecule has 2 unspecified atom stereocenters. The van der Waals surface area contributed by atoms with E-state index in [2.05, 4.69) is 36.1 Å². The number of rotatable bonds is 4. The van der Waals surface area contributed by atoms with Crippen molar-refractivity contribution < 1.29 is 13.5 Å². The second-order valence-corrected chi connectivity index (χ2v) is 9.81. The molecule has 0 aliphatic carbocycles. The Morgan fingerprint density at radius 1 is 1.16 bits per heavy atom. The summed E-state index contributed by atoms with van der Waals surface area (Å²) in [5.41, 5.74) is 1.76. The Hall–Kier alpha value is -0.990. The number of benzene rings is 1. The van der Waals surface area contributed by atoms with Gasteiger partial charge in [-0.25, -0.2) is 0 Å². The molecule has 0 aromatic heterocycles. The van der Waals surface area contributed by atoms with Gasteiger partial charge in [0.15, 0.2) is 0 Å². The Morgan fingerprint density at radius 3 is 2.44 bits per heavy atom. The molecular formula is C18H29N3O3S. The van der Waals surface area contributed by atoms with Crippen LogP contribution in [0.2, 0.25) is 0 Å². The average Bonchev–Trinajstić information content (AvgIpc) is 2.56. The monoisotopic (exact) mass is 367 g/mol. The van der Waals surface area contributed by atoms with Gasteiger partial charge in [-0.1, -0.05) is 29.8 Å². The summed E-state index contributed by atoms with van der Waals surface area (Å²) in [4.78, 5) is 2.33. The van der Waals surface area contributed by atoms with Crippen molar-refractivity contribution in [2.45, 2.75) is 31.9 Å². The molecule has 0 saturated carbocycles. The number of aliphatic hydroxyl groups is 1. The van der Waals surface area contributed by atoms with Crippen LogP contribution in [0.3, 0.4) is 0 Å². The van der Waals surface area contributed by atoms with E-state index in [-0.39, 0.29) is 5.92 Å². The Kier molecular flexibility index (Phi) is 5.23. The third-order valence-electron chi connectivity index (χ3n) is 5.63. The summed E-state index contributed by atoms with van der Waals surface area (Å²) in [6, 6.07) is 8.50. The van der Waals surface area contributed by atoms with Gasteiger partial charge in [0.2, 0.25) is 0 Å². The molecule has 2 fully saturated rings. The van der Waals surface area contributed by atoms with Crippen LogP contribution < -0.4 is 0 Å². The Bertz CT molecular complexity index is 705. The Balaban J connectivity index is 1.69. The van der Waals surface area contributed by atoms with Gasteiger partial charge in [-0.3, -0.25) is 4.90 Å². The molecule has 1 aromatic carbocycles. The van der Waals surface area contributed by atoms with Crippen molar-refractivity contribution in [2.75, 3.05) is 40.3 Å². The molecule has 7 heteroatoms. The lowest BCUT2D eigenvalue weighted by molar-refractivity contribution is -0.103. The standard InChI is InChI=1S/C18H29N3O3S/c1-15-4-6-16(7-5-15)12-20-10-8-18(22)9-11-21(14-17(18)13-20)25(23,24)19(2)3/h4-7,17,22H,8-14H2,1-3H3. The lowest BCUT2D eigenvalue weighted by atomic mass is 9.76. The van der Waals surface area contributed by atoms with Crippen molar-refractivity contribution in [3.8, 4) is 0 Å². The number of aryl methyl sites for hydroxylation is 1. The van der Waals surface area contributed by atoms with E-state index >= 15 is 0 Å². The molecule has 2 saturated heterocycles. The summed E-state index contributed by atoms with van der Waals surface area (Å²) in [6.07, 6.45) is 1.22. The summed E-state index contributed by atoms with van der Waals surface area (Å²) in [6.45, 7) is 5.28. The van der Waals surface area contributed by atoms with Crippen molar-refractivity contribution in [3.05, 3.63) is 35.4 Å². The van der Waals surface area contributed by atoms with Gasteiger partial charge in [-0.2, -0.15) is 17.0 Å². The minimum atomic E-state index is -3.42. The van der Waals surface area contributed by atoms with Crippen molar-refractivity contribution in [3.63, 3.8) is 0 Å². The average molecular weight is 368 g/mol. The first-order valence-electron chi connectivity index (χ1n) is 8.88. The third-order valence-corrected chi connectivity index (χ3v) is 7.54. The number of likely N-dealkylation sites (tertiary alicyclic amines) is 1. The molecule has 0 bridgehead atoms. The summed E-state index contributed by atoms with van der Waals surface area (Å²) in [7, 11) is -0.309. The second-order valence-electron chi connectivity index (χ2n) is 7.67. The molecule has 2 atom stereocenters. The first-order chi connectivity index (χ1) is 11.7. The molecule has 25 heavy (non-hydrogen) atoms. The van der Waals surface area contributed by atoms with Crippen LogP contribution in [0.1, 0.15) is 24.0 Å². The molecule has 0 amide bonds. The van der Waals surface area contributed by atoms with Crippen LogP contribution in [0, 0.1) is 12.8 Å². The van der Waals surface area contributed by atoms with Gasteiger partial charge in [0.05, 0.1) is 5.60 Å².